The molecule has 0 aromatic rings. The second-order valence-electron chi connectivity index (χ2n) is 15.6. The summed E-state index contributed by atoms with van der Waals surface area (Å²) in [4.78, 5) is 72.4. The van der Waals surface area contributed by atoms with E-state index in [1.165, 1.54) is 123 Å². The van der Waals surface area contributed by atoms with Crippen molar-refractivity contribution < 1.29 is 52.7 Å². The third kappa shape index (κ3) is 37.6. The lowest BCUT2D eigenvalue weighted by Gasteiger charge is -2.22. The number of methoxy groups -OCH3 is 1. The molecule has 0 rings (SSSR count). The predicted octanol–water partition coefficient (Wildman–Crippen LogP) is 9.94. The Morgan fingerprint density at radius 2 is 0.949 bits per heavy atom. The molecule has 3 N–H and O–H groups in total. The average molecular weight is 844 g/mol. The normalized spacial score (nSPS) is 12.0. The first-order valence-electron chi connectivity index (χ1n) is 23.3. The maximum absolute atomic E-state index is 13.6. The van der Waals surface area contributed by atoms with Gasteiger partial charge in [-0.05, 0) is 38.5 Å². The van der Waals surface area contributed by atoms with Gasteiger partial charge in [0.15, 0.2) is 0 Å². The van der Waals surface area contributed by atoms with E-state index in [2.05, 4.69) is 39.6 Å². The number of hydrogen-bond acceptors (Lipinski definition) is 11. The molecule has 0 aliphatic rings. The van der Waals surface area contributed by atoms with Crippen LogP contribution in [-0.4, -0.2) is 89.3 Å². The number of carbonyl (C=O) groups is 5. The Hall–Kier alpha value is -3.13. The molecule has 0 fully saturated rings. The van der Waals surface area contributed by atoms with Gasteiger partial charge < -0.3 is 34.9 Å². The highest BCUT2D eigenvalue weighted by atomic mass is 17.2. The van der Waals surface area contributed by atoms with Crippen molar-refractivity contribution in [1.82, 2.24) is 16.0 Å². The van der Waals surface area contributed by atoms with Crippen molar-refractivity contribution in [1.29, 1.82) is 0 Å². The first-order chi connectivity index (χ1) is 28.8. The number of carbonyl (C=O) groups excluding carboxylic acids is 5. The number of ether oxygens (including phenoxy) is 4. The molecule has 0 aromatic heterocycles. The molecule has 0 heterocycles. The predicted molar refractivity (Wildman–Crippen MR) is 231 cm³/mol. The molecule has 0 radical (unpaired) electrons. The lowest BCUT2D eigenvalue weighted by atomic mass is 10.1. The van der Waals surface area contributed by atoms with Crippen molar-refractivity contribution in [2.24, 2.45) is 0 Å². The zero-order valence-electron chi connectivity index (χ0n) is 37.7. The number of nitrogens with one attached hydrogen (secondary N) is 3. The average Bonchev–Trinajstić information content (AvgIpc) is 3.22. The Bertz CT molecular complexity index is 1030. The van der Waals surface area contributed by atoms with E-state index in [0.717, 1.165) is 38.5 Å². The van der Waals surface area contributed by atoms with Gasteiger partial charge in [0.2, 0.25) is 5.91 Å². The van der Waals surface area contributed by atoms with Crippen LogP contribution in [0.3, 0.4) is 0 Å². The fourth-order valence-corrected chi connectivity index (χ4v) is 6.64. The number of alkyl carbamates (subject to hydrolysis) is 1. The summed E-state index contributed by atoms with van der Waals surface area (Å²) in [7, 11) is 2.69. The van der Waals surface area contributed by atoms with Gasteiger partial charge in [-0.15, -0.1) is 0 Å². The van der Waals surface area contributed by atoms with Crippen LogP contribution in [-0.2, 0) is 43.1 Å². The smallest absolute Gasteiger partial charge is 0.438 e. The van der Waals surface area contributed by atoms with Gasteiger partial charge in [0, 0.05) is 20.1 Å². The van der Waals surface area contributed by atoms with Crippen LogP contribution in [0, 0.1) is 0 Å². The van der Waals surface area contributed by atoms with Gasteiger partial charge in [0.05, 0.1) is 26.9 Å². The minimum absolute atomic E-state index is 0.0162. The number of esters is 2. The maximum Gasteiger partial charge on any atom is 0.438 e. The molecule has 59 heavy (non-hydrogen) atoms. The molecule has 0 aromatic carbocycles. The number of amides is 3. The highest BCUT2D eigenvalue weighted by molar-refractivity contribution is 5.89. The van der Waals surface area contributed by atoms with Crippen LogP contribution in [0.4, 0.5) is 9.59 Å². The van der Waals surface area contributed by atoms with E-state index in [9.17, 15) is 24.0 Å². The summed E-state index contributed by atoms with van der Waals surface area (Å²) in [5, 5.41) is 7.79. The molecular formula is C45H85N3O11. The summed E-state index contributed by atoms with van der Waals surface area (Å²) in [6.07, 6.45) is 28.0. The molecule has 346 valence electrons. The Balaban J connectivity index is 5.06. The van der Waals surface area contributed by atoms with Crippen LogP contribution >= 0.6 is 0 Å². The molecule has 0 aliphatic carbocycles. The summed E-state index contributed by atoms with van der Waals surface area (Å²) in [6, 6.07) is -2.20. The zero-order valence-corrected chi connectivity index (χ0v) is 37.7. The van der Waals surface area contributed by atoms with Crippen molar-refractivity contribution in [2.75, 3.05) is 47.2 Å². The second-order valence-corrected chi connectivity index (χ2v) is 15.6. The summed E-state index contributed by atoms with van der Waals surface area (Å²) in [5.41, 5.74) is 0. The molecular weight excluding hydrogens is 759 g/mol. The van der Waals surface area contributed by atoms with Crippen LogP contribution in [0.5, 0.6) is 0 Å². The zero-order chi connectivity index (χ0) is 43.4. The number of rotatable bonds is 42. The van der Waals surface area contributed by atoms with Crippen LogP contribution in [0.1, 0.15) is 200 Å². The Morgan fingerprint density at radius 3 is 1.44 bits per heavy atom. The summed E-state index contributed by atoms with van der Waals surface area (Å²) in [6.45, 7) is 5.39. The summed E-state index contributed by atoms with van der Waals surface area (Å²) < 4.78 is 21.1. The standard InChI is InChI=1S/C45H85N3O11/c1-5-7-9-11-13-15-17-19-21-23-25-29-35-56-41(49)33-32-40(43(51)57-36-30-26-24-22-20-18-16-14-12-10-8-6-2)47-42(50)39(48-45(53)58-38-37-54-3)31-27-28-34-46-44(52)59-55-4/h39-40H,5-38H2,1-4H3,(H,46,52)(H,47,50)(H,48,53). The van der Waals surface area contributed by atoms with Crippen LogP contribution < -0.4 is 16.0 Å². The van der Waals surface area contributed by atoms with Gasteiger partial charge in [-0.3, -0.25) is 14.5 Å². The van der Waals surface area contributed by atoms with E-state index in [1.54, 1.807) is 0 Å². The van der Waals surface area contributed by atoms with Crippen LogP contribution in [0.2, 0.25) is 0 Å². The lowest BCUT2D eigenvalue weighted by molar-refractivity contribution is -0.212. The molecule has 0 spiro atoms. The van der Waals surface area contributed by atoms with Gasteiger partial charge in [0.1, 0.15) is 18.7 Å². The van der Waals surface area contributed by atoms with Crippen molar-refractivity contribution in [3.8, 4) is 0 Å². The summed E-state index contributed by atoms with van der Waals surface area (Å²) in [5.74, 6) is -1.72. The second kappa shape index (κ2) is 43.0. The first-order valence-corrected chi connectivity index (χ1v) is 23.3. The molecule has 0 aliphatic heterocycles. The minimum atomic E-state index is -1.13. The minimum Gasteiger partial charge on any atom is -0.466 e. The fourth-order valence-electron chi connectivity index (χ4n) is 6.64. The molecule has 2 atom stereocenters. The molecule has 0 saturated carbocycles. The summed E-state index contributed by atoms with van der Waals surface area (Å²) >= 11 is 0. The molecule has 14 heteroatoms. The van der Waals surface area contributed by atoms with Crippen LogP contribution in [0.15, 0.2) is 0 Å². The van der Waals surface area contributed by atoms with Crippen molar-refractivity contribution in [2.45, 2.75) is 212 Å². The Kier molecular flexibility index (Phi) is 40.7. The van der Waals surface area contributed by atoms with E-state index < -0.39 is 42.1 Å². The fraction of sp³-hybridized carbons (Fsp3) is 0.889. The van der Waals surface area contributed by atoms with E-state index in [-0.39, 0.29) is 45.6 Å². The van der Waals surface area contributed by atoms with Gasteiger partial charge in [0.25, 0.3) is 0 Å². The molecule has 2 unspecified atom stereocenters. The lowest BCUT2D eigenvalue weighted by Crippen LogP contribution is -2.52. The van der Waals surface area contributed by atoms with Gasteiger partial charge >= 0.3 is 24.1 Å². The number of hydrogen-bond donors (Lipinski definition) is 3. The quantitative estimate of drug-likeness (QED) is 0.0175. The van der Waals surface area contributed by atoms with Gasteiger partial charge in [-0.2, -0.15) is 4.89 Å². The number of unbranched alkanes of at least 4 members (excludes halogenated alkanes) is 23. The van der Waals surface area contributed by atoms with E-state index in [0.29, 0.717) is 25.9 Å². The highest BCUT2D eigenvalue weighted by Gasteiger charge is 2.28. The Labute approximate surface area is 357 Å². The third-order valence-electron chi connectivity index (χ3n) is 10.2. The van der Waals surface area contributed by atoms with Crippen LogP contribution in [0.25, 0.3) is 0 Å². The molecule has 0 bridgehead atoms. The van der Waals surface area contributed by atoms with Crippen molar-refractivity contribution >= 4 is 30.0 Å². The van der Waals surface area contributed by atoms with Gasteiger partial charge in [-0.25, -0.2) is 14.4 Å². The van der Waals surface area contributed by atoms with Gasteiger partial charge in [-0.1, -0.05) is 155 Å². The van der Waals surface area contributed by atoms with E-state index >= 15 is 0 Å². The molecule has 3 amide bonds. The molecule has 0 saturated heterocycles. The maximum atomic E-state index is 13.6. The topological polar surface area (TPSA) is 177 Å². The van der Waals surface area contributed by atoms with E-state index in [1.807, 2.05) is 0 Å². The SMILES string of the molecule is CCCCCCCCCCCCCCOC(=O)CCC(NC(=O)C(CCCCNC(=O)OOC)NC(=O)OCCOC)C(=O)OCCCCCCCCCCCCCC. The molecule has 14 nitrogen and oxygen atoms in total. The van der Waals surface area contributed by atoms with E-state index in [4.69, 9.17) is 18.9 Å². The highest BCUT2D eigenvalue weighted by Crippen LogP contribution is 2.14. The van der Waals surface area contributed by atoms with Crippen molar-refractivity contribution in [3.63, 3.8) is 0 Å². The van der Waals surface area contributed by atoms with Crippen molar-refractivity contribution in [3.05, 3.63) is 0 Å². The largest absolute Gasteiger partial charge is 0.466 e. The Morgan fingerprint density at radius 1 is 0.458 bits per heavy atom. The third-order valence-corrected chi connectivity index (χ3v) is 10.2. The monoisotopic (exact) mass is 844 g/mol. The first kappa shape index (κ1) is 55.9.